The van der Waals surface area contributed by atoms with Crippen LogP contribution in [0.3, 0.4) is 0 Å². The Labute approximate surface area is 95.4 Å². The highest BCUT2D eigenvalue weighted by atomic mass is 16.5. The van der Waals surface area contributed by atoms with Crippen molar-refractivity contribution in [2.45, 2.75) is 38.2 Å². The number of hydrogen-bond donors (Lipinski definition) is 1. The molecule has 0 saturated carbocycles. The van der Waals surface area contributed by atoms with Crippen LogP contribution in [0.2, 0.25) is 0 Å². The number of carbonyl (C=O) groups is 2. The molecular weight excluding hydrogens is 210 g/mol. The van der Waals surface area contributed by atoms with Crippen LogP contribution in [0.1, 0.15) is 32.1 Å². The van der Waals surface area contributed by atoms with Crippen molar-refractivity contribution in [1.82, 2.24) is 4.90 Å². The van der Waals surface area contributed by atoms with Gasteiger partial charge in [0.15, 0.2) is 0 Å². The highest BCUT2D eigenvalue weighted by Crippen LogP contribution is 2.13. The Hall–Kier alpha value is -0.940. The zero-order valence-electron chi connectivity index (χ0n) is 9.65. The number of hydrogen-bond acceptors (Lipinski definition) is 4. The van der Waals surface area contributed by atoms with Crippen molar-refractivity contribution in [3.8, 4) is 0 Å². The van der Waals surface area contributed by atoms with Crippen molar-refractivity contribution in [2.24, 2.45) is 0 Å². The van der Waals surface area contributed by atoms with E-state index in [1.54, 1.807) is 0 Å². The Kier molecular flexibility index (Phi) is 5.42. The van der Waals surface area contributed by atoms with Crippen LogP contribution in [-0.4, -0.2) is 48.2 Å². The van der Waals surface area contributed by atoms with Gasteiger partial charge >= 0.3 is 0 Å². The summed E-state index contributed by atoms with van der Waals surface area (Å²) in [4.78, 5) is 24.4. The van der Waals surface area contributed by atoms with Crippen molar-refractivity contribution in [3.63, 3.8) is 0 Å². The van der Waals surface area contributed by atoms with E-state index in [-0.39, 0.29) is 18.4 Å². The van der Waals surface area contributed by atoms with Gasteiger partial charge in [-0.3, -0.25) is 14.5 Å². The van der Waals surface area contributed by atoms with Gasteiger partial charge in [0.2, 0.25) is 11.8 Å². The summed E-state index contributed by atoms with van der Waals surface area (Å²) in [5.74, 6) is -0.237. The number of nitrogens with zero attached hydrogens (tertiary/aromatic N) is 1. The van der Waals surface area contributed by atoms with Gasteiger partial charge in [0.1, 0.15) is 0 Å². The molecule has 0 bridgehead atoms. The second-order valence-corrected chi connectivity index (χ2v) is 4.04. The van der Waals surface area contributed by atoms with Crippen LogP contribution in [0.5, 0.6) is 0 Å². The monoisotopic (exact) mass is 229 g/mol. The number of aliphatic hydroxyl groups excluding tert-OH is 1. The van der Waals surface area contributed by atoms with Crippen molar-refractivity contribution in [3.05, 3.63) is 0 Å². The third kappa shape index (κ3) is 3.90. The van der Waals surface area contributed by atoms with E-state index >= 15 is 0 Å². The van der Waals surface area contributed by atoms with Gasteiger partial charge in [-0.05, 0) is 19.3 Å². The molecule has 1 saturated heterocycles. The van der Waals surface area contributed by atoms with E-state index < -0.39 is 6.10 Å². The topological polar surface area (TPSA) is 66.8 Å². The lowest BCUT2D eigenvalue weighted by Gasteiger charge is -2.20. The lowest BCUT2D eigenvalue weighted by Crippen LogP contribution is -2.37. The normalized spacial score (nSPS) is 19.8. The molecule has 1 fully saturated rings. The highest BCUT2D eigenvalue weighted by Gasteiger charge is 2.24. The highest BCUT2D eigenvalue weighted by molar-refractivity contribution is 5.95. The third-order valence-electron chi connectivity index (χ3n) is 2.68. The third-order valence-corrected chi connectivity index (χ3v) is 2.68. The molecule has 92 valence electrons. The number of aliphatic hydroxyl groups is 1. The predicted octanol–water partition coefficient (Wildman–Crippen LogP) is 0.313. The van der Waals surface area contributed by atoms with Gasteiger partial charge in [0.25, 0.3) is 0 Å². The van der Waals surface area contributed by atoms with Crippen molar-refractivity contribution >= 4 is 11.8 Å². The molecular formula is C11H19NO4. The van der Waals surface area contributed by atoms with E-state index in [2.05, 4.69) is 0 Å². The van der Waals surface area contributed by atoms with Crippen molar-refractivity contribution < 1.29 is 19.4 Å². The van der Waals surface area contributed by atoms with E-state index in [9.17, 15) is 14.7 Å². The van der Waals surface area contributed by atoms with Crippen LogP contribution in [0.15, 0.2) is 0 Å². The summed E-state index contributed by atoms with van der Waals surface area (Å²) in [5.41, 5.74) is 0. The summed E-state index contributed by atoms with van der Waals surface area (Å²) in [7, 11) is 1.51. The van der Waals surface area contributed by atoms with Crippen molar-refractivity contribution in [2.75, 3.05) is 20.3 Å². The molecule has 5 nitrogen and oxygen atoms in total. The van der Waals surface area contributed by atoms with Gasteiger partial charge in [-0.15, -0.1) is 0 Å². The number of likely N-dealkylation sites (tertiary alicyclic amines) is 1. The first kappa shape index (κ1) is 13.1. The molecule has 0 radical (unpaired) electrons. The molecule has 1 unspecified atom stereocenters. The van der Waals surface area contributed by atoms with Crippen LogP contribution >= 0.6 is 0 Å². The number of carbonyl (C=O) groups excluding carboxylic acids is 2. The molecule has 0 aliphatic carbocycles. The maximum absolute atomic E-state index is 11.6. The van der Waals surface area contributed by atoms with E-state index in [1.165, 1.54) is 12.0 Å². The smallest absolute Gasteiger partial charge is 0.229 e. The fourth-order valence-corrected chi connectivity index (χ4v) is 1.76. The summed E-state index contributed by atoms with van der Waals surface area (Å²) in [6.45, 7) is 0.526. The van der Waals surface area contributed by atoms with Gasteiger partial charge < -0.3 is 9.84 Å². The molecule has 0 aromatic rings. The van der Waals surface area contributed by atoms with Crippen LogP contribution < -0.4 is 0 Å². The summed E-state index contributed by atoms with van der Waals surface area (Å²) >= 11 is 0. The molecule has 1 aliphatic rings. The summed E-state index contributed by atoms with van der Waals surface area (Å²) in [6, 6.07) is 0. The van der Waals surface area contributed by atoms with Gasteiger partial charge in [-0.2, -0.15) is 0 Å². The standard InChI is InChI=1S/C11H19NO4/c1-16-8-9(13)6-7-12-10(14)4-2-3-5-11(12)15/h9,13H,2-8H2,1H3. The molecule has 1 heterocycles. The van der Waals surface area contributed by atoms with Crippen LogP contribution in [0.25, 0.3) is 0 Å². The predicted molar refractivity (Wildman–Crippen MR) is 57.7 cm³/mol. The number of amides is 2. The fourth-order valence-electron chi connectivity index (χ4n) is 1.76. The molecule has 2 amide bonds. The molecule has 0 spiro atoms. The number of ether oxygens (including phenoxy) is 1. The average molecular weight is 229 g/mol. The van der Waals surface area contributed by atoms with Crippen LogP contribution in [0, 0.1) is 0 Å². The minimum atomic E-state index is -0.617. The van der Waals surface area contributed by atoms with E-state index in [0.717, 1.165) is 12.8 Å². The maximum Gasteiger partial charge on any atom is 0.229 e. The van der Waals surface area contributed by atoms with Crippen LogP contribution in [0.4, 0.5) is 0 Å². The fraction of sp³-hybridized carbons (Fsp3) is 0.818. The maximum atomic E-state index is 11.6. The molecule has 1 atom stereocenters. The Bertz CT molecular complexity index is 236. The molecule has 0 aromatic heterocycles. The van der Waals surface area contributed by atoms with Gasteiger partial charge in [-0.25, -0.2) is 0 Å². The zero-order chi connectivity index (χ0) is 12.0. The van der Waals surface area contributed by atoms with E-state index in [0.29, 0.717) is 25.8 Å². The first-order valence-electron chi connectivity index (χ1n) is 5.65. The quantitative estimate of drug-likeness (QED) is 0.689. The van der Waals surface area contributed by atoms with Gasteiger partial charge in [0, 0.05) is 26.5 Å². The first-order valence-corrected chi connectivity index (χ1v) is 5.65. The molecule has 1 N–H and O–H groups in total. The molecule has 0 aromatic carbocycles. The largest absolute Gasteiger partial charge is 0.391 e. The minimum Gasteiger partial charge on any atom is -0.391 e. The first-order chi connectivity index (χ1) is 7.65. The lowest BCUT2D eigenvalue weighted by molar-refractivity contribution is -0.144. The van der Waals surface area contributed by atoms with E-state index in [1.807, 2.05) is 0 Å². The number of rotatable bonds is 5. The zero-order valence-corrected chi connectivity index (χ0v) is 9.65. The Morgan fingerprint density at radius 2 is 1.88 bits per heavy atom. The second-order valence-electron chi connectivity index (χ2n) is 4.04. The Balaban J connectivity index is 2.43. The minimum absolute atomic E-state index is 0.118. The molecule has 16 heavy (non-hydrogen) atoms. The van der Waals surface area contributed by atoms with Gasteiger partial charge in [0.05, 0.1) is 12.7 Å². The summed E-state index contributed by atoms with van der Waals surface area (Å²) < 4.78 is 4.78. The number of imide groups is 1. The van der Waals surface area contributed by atoms with Gasteiger partial charge in [-0.1, -0.05) is 0 Å². The van der Waals surface area contributed by atoms with Crippen LogP contribution in [-0.2, 0) is 14.3 Å². The average Bonchev–Trinajstić information content (AvgIpc) is 2.39. The lowest BCUT2D eigenvalue weighted by atomic mass is 10.2. The number of methoxy groups -OCH3 is 1. The Morgan fingerprint density at radius 1 is 1.31 bits per heavy atom. The molecule has 1 rings (SSSR count). The summed E-state index contributed by atoms with van der Waals surface area (Å²) in [6.07, 6.45) is 2.20. The van der Waals surface area contributed by atoms with Crippen molar-refractivity contribution in [1.29, 1.82) is 0 Å². The van der Waals surface area contributed by atoms with E-state index in [4.69, 9.17) is 4.74 Å². The summed E-state index contributed by atoms with van der Waals surface area (Å²) in [5, 5.41) is 9.45. The SMILES string of the molecule is COCC(O)CCN1C(=O)CCCCC1=O. The molecule has 5 heteroatoms. The molecule has 1 aliphatic heterocycles. The second kappa shape index (κ2) is 6.60. The Morgan fingerprint density at radius 3 is 2.38 bits per heavy atom.